The third kappa shape index (κ3) is 2.26. The Balaban J connectivity index is 1.92. The van der Waals surface area contributed by atoms with Gasteiger partial charge >= 0.3 is 0 Å². The van der Waals surface area contributed by atoms with Crippen LogP contribution in [0.3, 0.4) is 0 Å². The largest absolute Gasteiger partial charge is 0.389 e. The van der Waals surface area contributed by atoms with Crippen LogP contribution in [0, 0.1) is 0 Å². The van der Waals surface area contributed by atoms with Crippen LogP contribution < -0.4 is 5.73 Å². The second-order valence-electron chi connectivity index (χ2n) is 4.52. The maximum absolute atomic E-state index is 12.6. The number of nitrogens with two attached hydrogens (primary N) is 1. The maximum Gasteiger partial charge on any atom is 0.253 e. The van der Waals surface area contributed by atoms with E-state index in [1.54, 1.807) is 12.1 Å². The van der Waals surface area contributed by atoms with Crippen molar-refractivity contribution in [3.05, 3.63) is 52.4 Å². The van der Waals surface area contributed by atoms with Gasteiger partial charge in [0.05, 0.1) is 4.88 Å². The van der Waals surface area contributed by atoms with E-state index in [0.29, 0.717) is 18.0 Å². The van der Waals surface area contributed by atoms with Crippen LogP contribution in [0.25, 0.3) is 0 Å². The lowest BCUT2D eigenvalue weighted by atomic mass is 10.1. The summed E-state index contributed by atoms with van der Waals surface area (Å²) in [6, 6.07) is 11.0. The monoisotopic (exact) mass is 324 g/mol. The number of rotatable bonds is 3. The van der Waals surface area contributed by atoms with Crippen molar-refractivity contribution in [3.63, 3.8) is 0 Å². The number of nitrogens with zero attached hydrogens (tertiary/aromatic N) is 1. The smallest absolute Gasteiger partial charge is 0.253 e. The Morgan fingerprint density at radius 1 is 1.15 bits per heavy atom. The van der Waals surface area contributed by atoms with Gasteiger partial charge in [0.25, 0.3) is 10.0 Å². The molecule has 0 aliphatic carbocycles. The molecular weight excluding hydrogens is 312 g/mol. The number of benzene rings is 1. The van der Waals surface area contributed by atoms with E-state index in [0.717, 1.165) is 22.5 Å². The summed E-state index contributed by atoms with van der Waals surface area (Å²) >= 11 is 5.99. The molecule has 0 amide bonds. The molecule has 104 valence electrons. The van der Waals surface area contributed by atoms with Gasteiger partial charge in [-0.3, -0.25) is 0 Å². The van der Waals surface area contributed by atoms with E-state index in [1.807, 2.05) is 24.3 Å². The van der Waals surface area contributed by atoms with Crippen molar-refractivity contribution in [2.75, 3.05) is 0 Å². The molecule has 1 aliphatic rings. The minimum atomic E-state index is -3.48. The first-order chi connectivity index (χ1) is 9.48. The summed E-state index contributed by atoms with van der Waals surface area (Å²) < 4.78 is 26.9. The van der Waals surface area contributed by atoms with Gasteiger partial charge in [0.15, 0.2) is 0 Å². The zero-order valence-electron chi connectivity index (χ0n) is 10.4. The second kappa shape index (κ2) is 4.92. The molecule has 1 aromatic carbocycles. The molecule has 1 aromatic heterocycles. The molecule has 4 nitrogen and oxygen atoms in total. The first kappa shape index (κ1) is 13.7. The van der Waals surface area contributed by atoms with Crippen molar-refractivity contribution in [2.45, 2.75) is 17.3 Å². The summed E-state index contributed by atoms with van der Waals surface area (Å²) in [6.45, 7) is 0.831. The summed E-state index contributed by atoms with van der Waals surface area (Å²) in [7, 11) is -3.48. The molecule has 7 heteroatoms. The van der Waals surface area contributed by atoms with Crippen LogP contribution in [-0.4, -0.2) is 17.7 Å². The highest BCUT2D eigenvalue weighted by Gasteiger charge is 2.31. The van der Waals surface area contributed by atoms with Gasteiger partial charge in [-0.1, -0.05) is 36.5 Å². The van der Waals surface area contributed by atoms with E-state index in [-0.39, 0.29) is 9.20 Å². The Morgan fingerprint density at radius 3 is 2.25 bits per heavy atom. The number of sulfonamides is 1. The Kier molecular flexibility index (Phi) is 3.37. The molecule has 2 heterocycles. The average molecular weight is 324 g/mol. The van der Waals surface area contributed by atoms with Crippen LogP contribution in [0.5, 0.6) is 0 Å². The highest BCUT2D eigenvalue weighted by molar-refractivity contribution is 7.91. The number of thiocarbonyl (C=S) groups is 1. The quantitative estimate of drug-likeness (QED) is 0.878. The van der Waals surface area contributed by atoms with Gasteiger partial charge in [-0.05, 0) is 23.3 Å². The first-order valence-electron chi connectivity index (χ1n) is 5.95. The lowest BCUT2D eigenvalue weighted by molar-refractivity contribution is 0.433. The molecular formula is C13H12N2O2S3. The molecule has 0 atom stereocenters. The predicted octanol–water partition coefficient (Wildman–Crippen LogP) is 2.09. The molecule has 2 aromatic rings. The van der Waals surface area contributed by atoms with E-state index in [9.17, 15) is 8.42 Å². The Labute approximate surface area is 126 Å². The Bertz CT molecular complexity index is 755. The lowest BCUT2D eigenvalue weighted by Crippen LogP contribution is -2.24. The van der Waals surface area contributed by atoms with Crippen molar-refractivity contribution in [1.29, 1.82) is 0 Å². The fourth-order valence-corrected chi connectivity index (χ4v) is 5.09. The molecule has 0 saturated heterocycles. The highest BCUT2D eigenvalue weighted by atomic mass is 32.2. The van der Waals surface area contributed by atoms with Gasteiger partial charge in [-0.25, -0.2) is 8.42 Å². The summed E-state index contributed by atoms with van der Waals surface area (Å²) in [5, 5.41) is 0. The van der Waals surface area contributed by atoms with E-state index in [4.69, 9.17) is 18.0 Å². The Morgan fingerprint density at radius 2 is 1.75 bits per heavy atom. The van der Waals surface area contributed by atoms with Crippen molar-refractivity contribution in [1.82, 2.24) is 4.31 Å². The molecule has 0 saturated carbocycles. The normalized spacial score (nSPS) is 15.2. The van der Waals surface area contributed by atoms with Crippen molar-refractivity contribution in [3.8, 4) is 0 Å². The highest BCUT2D eigenvalue weighted by Crippen LogP contribution is 2.31. The Hall–Kier alpha value is -1.28. The van der Waals surface area contributed by atoms with Crippen LogP contribution in [0.1, 0.15) is 16.0 Å². The van der Waals surface area contributed by atoms with Gasteiger partial charge < -0.3 is 5.73 Å². The van der Waals surface area contributed by atoms with Crippen LogP contribution in [0.2, 0.25) is 0 Å². The molecule has 0 bridgehead atoms. The lowest BCUT2D eigenvalue weighted by Gasteiger charge is -2.13. The summed E-state index contributed by atoms with van der Waals surface area (Å²) in [5.74, 6) is 0. The van der Waals surface area contributed by atoms with Gasteiger partial charge in [0.2, 0.25) is 0 Å². The molecule has 0 radical (unpaired) electrons. The van der Waals surface area contributed by atoms with Crippen LogP contribution >= 0.6 is 23.6 Å². The molecule has 1 aliphatic heterocycles. The second-order valence-corrected chi connectivity index (χ2v) is 8.21. The third-order valence-electron chi connectivity index (χ3n) is 3.23. The molecule has 3 rings (SSSR count). The first-order valence-corrected chi connectivity index (χ1v) is 8.61. The summed E-state index contributed by atoms with van der Waals surface area (Å²) in [5.41, 5.74) is 7.64. The maximum atomic E-state index is 12.6. The van der Waals surface area contributed by atoms with E-state index in [2.05, 4.69) is 0 Å². The van der Waals surface area contributed by atoms with E-state index >= 15 is 0 Å². The molecule has 2 N–H and O–H groups in total. The zero-order chi connectivity index (χ0) is 14.3. The van der Waals surface area contributed by atoms with Crippen molar-refractivity contribution in [2.24, 2.45) is 5.73 Å². The number of hydrogen-bond acceptors (Lipinski definition) is 4. The number of hydrogen-bond donors (Lipinski definition) is 1. The summed E-state index contributed by atoms with van der Waals surface area (Å²) in [4.78, 5) is 0.844. The minimum absolute atomic E-state index is 0.223. The number of fused-ring (bicyclic) bond motifs is 1. The topological polar surface area (TPSA) is 63.4 Å². The fraction of sp³-hybridized carbons (Fsp3) is 0.154. The van der Waals surface area contributed by atoms with Crippen molar-refractivity contribution < 1.29 is 8.42 Å². The molecule has 0 fully saturated rings. The molecule has 0 spiro atoms. The number of thiophene rings is 1. The van der Waals surface area contributed by atoms with Crippen LogP contribution in [-0.2, 0) is 23.1 Å². The van der Waals surface area contributed by atoms with Gasteiger partial charge in [-0.2, -0.15) is 4.31 Å². The summed E-state index contributed by atoms with van der Waals surface area (Å²) in [6.07, 6.45) is 0. The van der Waals surface area contributed by atoms with Crippen LogP contribution in [0.15, 0.2) is 40.6 Å². The minimum Gasteiger partial charge on any atom is -0.389 e. The molecule has 20 heavy (non-hydrogen) atoms. The van der Waals surface area contributed by atoms with E-state index in [1.165, 1.54) is 4.31 Å². The third-order valence-corrected chi connectivity index (χ3v) is 6.96. The SMILES string of the molecule is NC(=S)c1ccc(S(=O)(=O)N2Cc3ccccc3C2)s1. The average Bonchev–Trinajstić information content (AvgIpc) is 3.06. The van der Waals surface area contributed by atoms with Gasteiger partial charge in [0.1, 0.15) is 9.20 Å². The van der Waals surface area contributed by atoms with Gasteiger partial charge in [-0.15, -0.1) is 11.3 Å². The van der Waals surface area contributed by atoms with Crippen LogP contribution in [0.4, 0.5) is 0 Å². The van der Waals surface area contributed by atoms with Gasteiger partial charge in [0, 0.05) is 13.1 Å². The predicted molar refractivity (Wildman–Crippen MR) is 83.1 cm³/mol. The van der Waals surface area contributed by atoms with E-state index < -0.39 is 10.0 Å². The van der Waals surface area contributed by atoms with Crippen molar-refractivity contribution >= 4 is 38.6 Å². The zero-order valence-corrected chi connectivity index (χ0v) is 12.9. The molecule has 0 unspecified atom stereocenters. The fourth-order valence-electron chi connectivity index (χ4n) is 2.19. The standard InChI is InChI=1S/C13H12N2O2S3/c14-13(18)11-5-6-12(19-11)20(16,17)15-7-9-3-1-2-4-10(9)8-15/h1-6H,7-8H2,(H2,14,18).